The fourth-order valence-electron chi connectivity index (χ4n) is 2.51. The van der Waals surface area contributed by atoms with Crippen LogP contribution in [-0.2, 0) is 12.7 Å². The Hall–Kier alpha value is -2.83. The number of aromatic nitrogens is 3. The first-order valence-corrected chi connectivity index (χ1v) is 7.24. The van der Waals surface area contributed by atoms with Crippen molar-refractivity contribution in [1.82, 2.24) is 14.3 Å². The molecule has 0 saturated heterocycles. The van der Waals surface area contributed by atoms with Crippen LogP contribution in [0.15, 0.2) is 59.4 Å². The number of alkyl halides is 3. The standard InChI is InChI=1S/C17H14F3N3O/c1-12-21-22(16(24)23(12)15-8-3-2-4-9-15)11-13-6-5-7-14(10-13)17(18,19)20/h2-10H,11H2,1H3. The maximum atomic E-state index is 12.8. The molecule has 3 rings (SSSR count). The van der Waals surface area contributed by atoms with Gasteiger partial charge >= 0.3 is 11.9 Å². The molecule has 124 valence electrons. The van der Waals surface area contributed by atoms with Crippen molar-refractivity contribution in [3.63, 3.8) is 0 Å². The van der Waals surface area contributed by atoms with Gasteiger partial charge in [0.05, 0.1) is 17.8 Å². The molecule has 0 radical (unpaired) electrons. The molecule has 0 unspecified atom stereocenters. The number of rotatable bonds is 3. The first-order chi connectivity index (χ1) is 11.4. The Labute approximate surface area is 135 Å². The fourth-order valence-corrected chi connectivity index (χ4v) is 2.51. The van der Waals surface area contributed by atoms with Crippen molar-refractivity contribution in [2.24, 2.45) is 0 Å². The van der Waals surface area contributed by atoms with Gasteiger partial charge < -0.3 is 0 Å². The van der Waals surface area contributed by atoms with E-state index in [-0.39, 0.29) is 6.54 Å². The molecule has 0 atom stereocenters. The van der Waals surface area contributed by atoms with Gasteiger partial charge in [0.15, 0.2) is 0 Å². The van der Waals surface area contributed by atoms with Crippen LogP contribution in [0.3, 0.4) is 0 Å². The summed E-state index contributed by atoms with van der Waals surface area (Å²) in [6.45, 7) is 1.65. The minimum Gasteiger partial charge on any atom is -0.247 e. The van der Waals surface area contributed by atoms with E-state index in [1.165, 1.54) is 10.6 Å². The van der Waals surface area contributed by atoms with E-state index in [4.69, 9.17) is 0 Å². The van der Waals surface area contributed by atoms with E-state index < -0.39 is 17.4 Å². The normalized spacial score (nSPS) is 11.7. The average Bonchev–Trinajstić information content (AvgIpc) is 2.82. The lowest BCUT2D eigenvalue weighted by molar-refractivity contribution is -0.137. The summed E-state index contributed by atoms with van der Waals surface area (Å²) < 4.78 is 41.0. The van der Waals surface area contributed by atoms with Crippen molar-refractivity contribution in [3.05, 3.63) is 82.0 Å². The zero-order chi connectivity index (χ0) is 17.3. The zero-order valence-electron chi connectivity index (χ0n) is 12.8. The number of halogens is 3. The van der Waals surface area contributed by atoms with Crippen molar-refractivity contribution < 1.29 is 13.2 Å². The van der Waals surface area contributed by atoms with Gasteiger partial charge in [0.2, 0.25) is 0 Å². The number of nitrogens with zero attached hydrogens (tertiary/aromatic N) is 3. The summed E-state index contributed by atoms with van der Waals surface area (Å²) in [6.07, 6.45) is -4.42. The van der Waals surface area contributed by atoms with Crippen LogP contribution in [0.5, 0.6) is 0 Å². The molecule has 7 heteroatoms. The second kappa shape index (κ2) is 5.99. The van der Waals surface area contributed by atoms with Gasteiger partial charge in [-0.1, -0.05) is 30.3 Å². The average molecular weight is 333 g/mol. The molecule has 0 aliphatic rings. The summed E-state index contributed by atoms with van der Waals surface area (Å²) in [4.78, 5) is 12.5. The van der Waals surface area contributed by atoms with E-state index in [9.17, 15) is 18.0 Å². The Kier molecular flexibility index (Phi) is 4.01. The molecule has 1 heterocycles. The molecule has 3 aromatic rings. The number of para-hydroxylation sites is 1. The number of hydrogen-bond donors (Lipinski definition) is 0. The molecule has 2 aromatic carbocycles. The Morgan fingerprint density at radius 1 is 1.04 bits per heavy atom. The summed E-state index contributed by atoms with van der Waals surface area (Å²) in [5.41, 5.74) is -0.108. The number of benzene rings is 2. The highest BCUT2D eigenvalue weighted by molar-refractivity contribution is 5.32. The van der Waals surface area contributed by atoms with Gasteiger partial charge in [-0.2, -0.15) is 18.3 Å². The molecule has 1 aromatic heterocycles. The highest BCUT2D eigenvalue weighted by Crippen LogP contribution is 2.29. The lowest BCUT2D eigenvalue weighted by Gasteiger charge is -2.08. The van der Waals surface area contributed by atoms with Gasteiger partial charge in [-0.3, -0.25) is 0 Å². The highest BCUT2D eigenvalue weighted by atomic mass is 19.4. The van der Waals surface area contributed by atoms with Crippen LogP contribution in [0, 0.1) is 6.92 Å². The summed E-state index contributed by atoms with van der Waals surface area (Å²) in [5, 5.41) is 4.16. The van der Waals surface area contributed by atoms with Crippen molar-refractivity contribution >= 4 is 0 Å². The summed E-state index contributed by atoms with van der Waals surface area (Å²) >= 11 is 0. The van der Waals surface area contributed by atoms with Crippen molar-refractivity contribution in [2.75, 3.05) is 0 Å². The molecule has 0 aliphatic heterocycles. The van der Waals surface area contributed by atoms with Gasteiger partial charge in [0, 0.05) is 0 Å². The fraction of sp³-hybridized carbons (Fsp3) is 0.176. The molecule has 0 bridgehead atoms. The maximum absolute atomic E-state index is 12.8. The number of hydrogen-bond acceptors (Lipinski definition) is 2. The first kappa shape index (κ1) is 16.0. The number of aryl methyl sites for hydroxylation is 1. The summed E-state index contributed by atoms with van der Waals surface area (Å²) in [7, 11) is 0. The Balaban J connectivity index is 1.97. The zero-order valence-corrected chi connectivity index (χ0v) is 12.8. The van der Waals surface area contributed by atoms with Crippen molar-refractivity contribution in [1.29, 1.82) is 0 Å². The van der Waals surface area contributed by atoms with Gasteiger partial charge in [0.25, 0.3) is 0 Å². The molecule has 0 amide bonds. The lowest BCUT2D eigenvalue weighted by atomic mass is 10.1. The lowest BCUT2D eigenvalue weighted by Crippen LogP contribution is -2.24. The first-order valence-electron chi connectivity index (χ1n) is 7.24. The Morgan fingerprint density at radius 3 is 2.42 bits per heavy atom. The smallest absolute Gasteiger partial charge is 0.247 e. The topological polar surface area (TPSA) is 39.8 Å². The molecular formula is C17H14F3N3O. The van der Waals surface area contributed by atoms with Gasteiger partial charge in [-0.25, -0.2) is 14.0 Å². The van der Waals surface area contributed by atoms with Crippen LogP contribution in [0.2, 0.25) is 0 Å². The van der Waals surface area contributed by atoms with Gasteiger partial charge in [0.1, 0.15) is 5.82 Å². The molecule has 0 spiro atoms. The van der Waals surface area contributed by atoms with E-state index in [1.807, 2.05) is 6.07 Å². The minimum atomic E-state index is -4.42. The predicted octanol–water partition coefficient (Wildman–Crippen LogP) is 3.41. The van der Waals surface area contributed by atoms with Crippen LogP contribution in [0.1, 0.15) is 17.0 Å². The van der Waals surface area contributed by atoms with Crippen LogP contribution in [0.4, 0.5) is 13.2 Å². The third kappa shape index (κ3) is 3.10. The second-order valence-corrected chi connectivity index (χ2v) is 5.36. The SMILES string of the molecule is Cc1nn(Cc2cccc(C(F)(F)F)c2)c(=O)n1-c1ccccc1. The Bertz CT molecular complexity index is 911. The second-order valence-electron chi connectivity index (χ2n) is 5.36. The van der Waals surface area contributed by atoms with E-state index in [2.05, 4.69) is 5.10 Å². The molecule has 0 aliphatic carbocycles. The van der Waals surface area contributed by atoms with E-state index >= 15 is 0 Å². The summed E-state index contributed by atoms with van der Waals surface area (Å²) in [6, 6.07) is 13.9. The molecule has 0 saturated carbocycles. The van der Waals surface area contributed by atoms with E-state index in [1.54, 1.807) is 37.3 Å². The van der Waals surface area contributed by atoms with Crippen LogP contribution >= 0.6 is 0 Å². The third-order valence-corrected chi connectivity index (χ3v) is 3.60. The predicted molar refractivity (Wildman–Crippen MR) is 83.1 cm³/mol. The highest BCUT2D eigenvalue weighted by Gasteiger charge is 2.30. The van der Waals surface area contributed by atoms with E-state index in [0.29, 0.717) is 17.1 Å². The molecule has 0 fully saturated rings. The van der Waals surface area contributed by atoms with Crippen LogP contribution < -0.4 is 5.69 Å². The molecule has 0 N–H and O–H groups in total. The van der Waals surface area contributed by atoms with Crippen LogP contribution in [-0.4, -0.2) is 14.3 Å². The molecule has 24 heavy (non-hydrogen) atoms. The van der Waals surface area contributed by atoms with Crippen molar-refractivity contribution in [2.45, 2.75) is 19.6 Å². The maximum Gasteiger partial charge on any atom is 0.416 e. The van der Waals surface area contributed by atoms with Crippen molar-refractivity contribution in [3.8, 4) is 5.69 Å². The van der Waals surface area contributed by atoms with Crippen LogP contribution in [0.25, 0.3) is 5.69 Å². The summed E-state index contributed by atoms with van der Waals surface area (Å²) in [5.74, 6) is 0.471. The molecular weight excluding hydrogens is 319 g/mol. The van der Waals surface area contributed by atoms with E-state index in [0.717, 1.165) is 16.8 Å². The third-order valence-electron chi connectivity index (χ3n) is 3.60. The Morgan fingerprint density at radius 2 is 1.75 bits per heavy atom. The minimum absolute atomic E-state index is 0.0244. The molecule has 4 nitrogen and oxygen atoms in total. The quantitative estimate of drug-likeness (QED) is 0.737. The van der Waals surface area contributed by atoms with Gasteiger partial charge in [-0.15, -0.1) is 0 Å². The monoisotopic (exact) mass is 333 g/mol. The van der Waals surface area contributed by atoms with Gasteiger partial charge in [-0.05, 0) is 36.8 Å². The largest absolute Gasteiger partial charge is 0.416 e.